The number of nitrogens with zero attached hydrogens (tertiary/aromatic N) is 3. The Kier molecular flexibility index (Phi) is 6.50. The van der Waals surface area contributed by atoms with Crippen LogP contribution >= 0.6 is 11.8 Å². The molecule has 2 aliphatic heterocycles. The zero-order valence-electron chi connectivity index (χ0n) is 18.3. The first-order valence-corrected chi connectivity index (χ1v) is 11.6. The second-order valence-corrected chi connectivity index (χ2v) is 9.49. The zero-order valence-corrected chi connectivity index (χ0v) is 19.1. The van der Waals surface area contributed by atoms with Crippen molar-refractivity contribution in [1.29, 1.82) is 0 Å². The number of likely N-dealkylation sites (tertiary alicyclic amines) is 1. The average molecular weight is 444 g/mol. The van der Waals surface area contributed by atoms with Crippen LogP contribution in [-0.4, -0.2) is 57.7 Å². The molecule has 1 atom stereocenters. The van der Waals surface area contributed by atoms with E-state index in [9.17, 15) is 9.59 Å². The maximum Gasteiger partial charge on any atom is 0.257 e. The normalized spacial score (nSPS) is 19.0. The Morgan fingerprint density at radius 1 is 1.19 bits per heavy atom. The number of hydrogen-bond acceptors (Lipinski definition) is 6. The minimum absolute atomic E-state index is 0.0538. The highest BCUT2D eigenvalue weighted by Crippen LogP contribution is 2.32. The number of aromatic nitrogens is 2. The van der Waals surface area contributed by atoms with Gasteiger partial charge in [-0.2, -0.15) is 0 Å². The van der Waals surface area contributed by atoms with Crippen LogP contribution in [0.1, 0.15) is 36.6 Å². The lowest BCUT2D eigenvalue weighted by molar-refractivity contribution is -0.187. The van der Waals surface area contributed by atoms with Crippen LogP contribution in [0.5, 0.6) is 0 Å². The predicted molar refractivity (Wildman–Crippen MR) is 119 cm³/mol. The van der Waals surface area contributed by atoms with E-state index < -0.39 is 5.79 Å². The van der Waals surface area contributed by atoms with E-state index in [2.05, 4.69) is 4.98 Å². The molecular weight excluding hydrogens is 414 g/mol. The largest absolute Gasteiger partial charge is 0.347 e. The van der Waals surface area contributed by atoms with Gasteiger partial charge in [-0.1, -0.05) is 42.1 Å². The van der Waals surface area contributed by atoms with Crippen LogP contribution in [0.25, 0.3) is 0 Å². The molecule has 3 heterocycles. The molecule has 1 aromatic heterocycles. The van der Waals surface area contributed by atoms with Gasteiger partial charge in [-0.25, -0.2) is 4.98 Å². The summed E-state index contributed by atoms with van der Waals surface area (Å²) >= 11 is 1.34. The maximum absolute atomic E-state index is 13.0. The van der Waals surface area contributed by atoms with Gasteiger partial charge in [-0.15, -0.1) is 0 Å². The van der Waals surface area contributed by atoms with Gasteiger partial charge in [-0.05, 0) is 19.4 Å². The van der Waals surface area contributed by atoms with Gasteiger partial charge < -0.3 is 14.4 Å². The average Bonchev–Trinajstić information content (AvgIpc) is 3.23. The van der Waals surface area contributed by atoms with Crippen LogP contribution in [-0.2, 0) is 27.7 Å². The van der Waals surface area contributed by atoms with Crippen LogP contribution in [0.2, 0.25) is 0 Å². The third kappa shape index (κ3) is 4.71. The number of carbonyl (C=O) groups is 1. The Hall–Kier alpha value is -2.16. The van der Waals surface area contributed by atoms with E-state index in [1.54, 1.807) is 11.6 Å². The van der Waals surface area contributed by atoms with Crippen molar-refractivity contribution in [2.45, 2.75) is 49.3 Å². The molecule has 1 amide bonds. The van der Waals surface area contributed by atoms with Crippen molar-refractivity contribution >= 4 is 17.7 Å². The van der Waals surface area contributed by atoms with Crippen molar-refractivity contribution < 1.29 is 14.3 Å². The fourth-order valence-electron chi connectivity index (χ4n) is 4.16. The molecule has 2 aliphatic rings. The number of amides is 1. The van der Waals surface area contributed by atoms with Crippen LogP contribution in [0, 0.1) is 6.92 Å². The summed E-state index contributed by atoms with van der Waals surface area (Å²) in [5.41, 5.74) is 2.42. The first-order valence-electron chi connectivity index (χ1n) is 10.7. The van der Waals surface area contributed by atoms with Crippen molar-refractivity contribution in [2.75, 3.05) is 26.3 Å². The lowest BCUT2D eigenvalue weighted by Gasteiger charge is -2.38. The van der Waals surface area contributed by atoms with Gasteiger partial charge >= 0.3 is 0 Å². The van der Waals surface area contributed by atoms with E-state index in [-0.39, 0.29) is 16.7 Å². The number of carbonyl (C=O) groups excluding carboxylic acids is 1. The first-order chi connectivity index (χ1) is 14.9. The molecule has 1 aromatic carbocycles. The summed E-state index contributed by atoms with van der Waals surface area (Å²) in [4.78, 5) is 32.5. The molecule has 0 N–H and O–H groups in total. The molecule has 2 aromatic rings. The molecule has 0 saturated carbocycles. The Morgan fingerprint density at radius 2 is 1.84 bits per heavy atom. The number of rotatable bonds is 5. The molecule has 31 heavy (non-hydrogen) atoms. The minimum atomic E-state index is -0.496. The molecule has 1 spiro atoms. The number of benzene rings is 1. The number of aryl methyl sites for hydroxylation is 1. The Labute approximate surface area is 186 Å². The molecule has 0 bridgehead atoms. The number of hydrogen-bond donors (Lipinski definition) is 0. The fraction of sp³-hybridized carbons (Fsp3) is 0.522. The van der Waals surface area contributed by atoms with E-state index in [0.717, 1.165) is 5.56 Å². The van der Waals surface area contributed by atoms with Crippen LogP contribution in [0.4, 0.5) is 0 Å². The van der Waals surface area contributed by atoms with E-state index in [0.29, 0.717) is 62.0 Å². The third-order valence-corrected chi connectivity index (χ3v) is 7.19. The monoisotopic (exact) mass is 443 g/mol. The van der Waals surface area contributed by atoms with Crippen molar-refractivity contribution in [3.63, 3.8) is 0 Å². The maximum atomic E-state index is 13.0. The van der Waals surface area contributed by atoms with Crippen molar-refractivity contribution in [1.82, 2.24) is 14.5 Å². The Balaban J connectivity index is 1.44. The number of thioether (sulfide) groups is 1. The van der Waals surface area contributed by atoms with Gasteiger partial charge in [-0.3, -0.25) is 14.2 Å². The fourth-order valence-corrected chi connectivity index (χ4v) is 5.15. The number of piperidine rings is 1. The van der Waals surface area contributed by atoms with Gasteiger partial charge in [0, 0.05) is 50.7 Å². The molecule has 166 valence electrons. The van der Waals surface area contributed by atoms with Crippen LogP contribution in [0.3, 0.4) is 0 Å². The van der Waals surface area contributed by atoms with Crippen molar-refractivity contribution in [3.05, 3.63) is 57.5 Å². The van der Waals surface area contributed by atoms with E-state index in [1.165, 1.54) is 11.8 Å². The molecule has 2 saturated heterocycles. The Bertz CT molecular complexity index is 992. The first kappa shape index (κ1) is 22.0. The summed E-state index contributed by atoms with van der Waals surface area (Å²) in [6, 6.07) is 9.90. The van der Waals surface area contributed by atoms with E-state index in [1.807, 2.05) is 49.1 Å². The highest BCUT2D eigenvalue weighted by Gasteiger charge is 2.41. The van der Waals surface area contributed by atoms with Gasteiger partial charge in [0.05, 0.1) is 18.5 Å². The van der Waals surface area contributed by atoms with Gasteiger partial charge in [0.1, 0.15) is 0 Å². The minimum Gasteiger partial charge on any atom is -0.347 e. The van der Waals surface area contributed by atoms with Crippen molar-refractivity contribution in [3.8, 4) is 0 Å². The van der Waals surface area contributed by atoms with Crippen LogP contribution < -0.4 is 5.56 Å². The summed E-state index contributed by atoms with van der Waals surface area (Å²) in [7, 11) is 1.72. The Morgan fingerprint density at radius 3 is 2.48 bits per heavy atom. The smallest absolute Gasteiger partial charge is 0.257 e. The molecule has 1 unspecified atom stereocenters. The second-order valence-electron chi connectivity index (χ2n) is 8.18. The summed E-state index contributed by atoms with van der Waals surface area (Å²) in [5.74, 6) is -0.442. The van der Waals surface area contributed by atoms with E-state index >= 15 is 0 Å². The molecule has 7 nitrogen and oxygen atoms in total. The SMILES string of the molecule is Cc1nc(SC(C)C(=O)N2CCC3(CC2)OCCO3)n(C)c(=O)c1Cc1ccccc1. The molecule has 4 rings (SSSR count). The second kappa shape index (κ2) is 9.14. The molecule has 0 radical (unpaired) electrons. The van der Waals surface area contributed by atoms with Crippen molar-refractivity contribution in [2.24, 2.45) is 7.05 Å². The lowest BCUT2D eigenvalue weighted by Crippen LogP contribution is -2.49. The topological polar surface area (TPSA) is 73.7 Å². The number of ether oxygens (including phenoxy) is 2. The molecule has 0 aliphatic carbocycles. The van der Waals surface area contributed by atoms with Gasteiger partial charge in [0.2, 0.25) is 5.91 Å². The van der Waals surface area contributed by atoms with Crippen LogP contribution in [0.15, 0.2) is 40.3 Å². The summed E-state index contributed by atoms with van der Waals surface area (Å²) < 4.78 is 13.1. The quantitative estimate of drug-likeness (QED) is 0.522. The van der Waals surface area contributed by atoms with Gasteiger partial charge in [0.25, 0.3) is 5.56 Å². The third-order valence-electron chi connectivity index (χ3n) is 6.05. The summed E-state index contributed by atoms with van der Waals surface area (Å²) in [6.07, 6.45) is 1.94. The highest BCUT2D eigenvalue weighted by molar-refractivity contribution is 8.00. The summed E-state index contributed by atoms with van der Waals surface area (Å²) in [6.45, 7) is 6.22. The van der Waals surface area contributed by atoms with E-state index in [4.69, 9.17) is 9.47 Å². The summed E-state index contributed by atoms with van der Waals surface area (Å²) in [5, 5.41) is 0.230. The molecule has 2 fully saturated rings. The van der Waals surface area contributed by atoms with Gasteiger partial charge in [0.15, 0.2) is 10.9 Å². The standard InChI is InChI=1S/C23H29N3O4S/c1-16-19(15-18-7-5-4-6-8-18)21(28)25(3)22(24-16)31-17(2)20(27)26-11-9-23(10-12-26)29-13-14-30-23/h4-8,17H,9-15H2,1-3H3. The highest BCUT2D eigenvalue weighted by atomic mass is 32.2. The zero-order chi connectivity index (χ0) is 22.0. The lowest BCUT2D eigenvalue weighted by atomic mass is 10.0. The molecular formula is C23H29N3O4S. The predicted octanol–water partition coefficient (Wildman–Crippen LogP) is 2.53. The molecule has 8 heteroatoms.